The molecule has 0 amide bonds. The summed E-state index contributed by atoms with van der Waals surface area (Å²) in [7, 11) is 0. The van der Waals surface area contributed by atoms with Crippen LogP contribution in [0.2, 0.25) is 0 Å². The molecule has 0 aliphatic carbocycles. The molecule has 0 aliphatic rings. The second-order valence-corrected chi connectivity index (χ2v) is 11.6. The first-order chi connectivity index (χ1) is 16.2. The summed E-state index contributed by atoms with van der Waals surface area (Å²) in [4.78, 5) is 0. The summed E-state index contributed by atoms with van der Waals surface area (Å²) in [5.74, 6) is 1.72. The summed E-state index contributed by atoms with van der Waals surface area (Å²) >= 11 is 0. The number of rotatable bonds is 28. The molecule has 0 heterocycles. The lowest BCUT2D eigenvalue weighted by molar-refractivity contribution is 0.441. The molecule has 1 radical (unpaired) electrons. The van der Waals surface area contributed by atoms with E-state index in [0.717, 1.165) is 11.8 Å². The van der Waals surface area contributed by atoms with E-state index in [1.807, 2.05) is 0 Å². The maximum absolute atomic E-state index is 2.64. The van der Waals surface area contributed by atoms with E-state index < -0.39 is 0 Å². The Balaban J connectivity index is 3.27. The predicted molar refractivity (Wildman–Crippen MR) is 154 cm³/mol. The molecule has 0 aromatic rings. The van der Waals surface area contributed by atoms with E-state index in [9.17, 15) is 0 Å². The molecule has 2 atom stereocenters. The minimum Gasteiger partial charge on any atom is -0.0654 e. The van der Waals surface area contributed by atoms with Gasteiger partial charge in [0.2, 0.25) is 0 Å². The second kappa shape index (κ2) is 28.2. The van der Waals surface area contributed by atoms with E-state index in [1.54, 1.807) is 0 Å². The Labute approximate surface area is 212 Å². The molecule has 0 aromatic carbocycles. The standard InChI is InChI=1S/C33H67/c1-5-7-9-11-13-15-17-18-19-21-23-25-27-29-33(4)31-30-32(3)28-26-24-22-20-16-14-12-10-8-6-2/h31-33H,5-30H2,1-4H3. The zero-order chi connectivity index (χ0) is 24.2. The van der Waals surface area contributed by atoms with Gasteiger partial charge in [0.15, 0.2) is 0 Å². The van der Waals surface area contributed by atoms with Gasteiger partial charge in [0.05, 0.1) is 0 Å². The van der Waals surface area contributed by atoms with Gasteiger partial charge < -0.3 is 0 Å². The monoisotopic (exact) mass is 464 g/mol. The largest absolute Gasteiger partial charge is 0.0654 e. The van der Waals surface area contributed by atoms with E-state index >= 15 is 0 Å². The molecule has 0 heteroatoms. The van der Waals surface area contributed by atoms with E-state index in [2.05, 4.69) is 34.1 Å². The number of hydrogen-bond donors (Lipinski definition) is 0. The third-order valence-corrected chi connectivity index (χ3v) is 7.75. The molecule has 0 fully saturated rings. The van der Waals surface area contributed by atoms with E-state index in [1.165, 1.54) is 167 Å². The van der Waals surface area contributed by atoms with E-state index in [4.69, 9.17) is 0 Å². The molecule has 0 nitrogen and oxygen atoms in total. The average molecular weight is 464 g/mol. The van der Waals surface area contributed by atoms with Crippen LogP contribution in [-0.2, 0) is 0 Å². The van der Waals surface area contributed by atoms with Crippen LogP contribution in [0.1, 0.15) is 195 Å². The van der Waals surface area contributed by atoms with Crippen molar-refractivity contribution in [3.05, 3.63) is 6.42 Å². The van der Waals surface area contributed by atoms with Gasteiger partial charge in [-0.3, -0.25) is 0 Å². The lowest BCUT2D eigenvalue weighted by Gasteiger charge is -2.15. The average Bonchev–Trinajstić information content (AvgIpc) is 2.82. The van der Waals surface area contributed by atoms with Crippen molar-refractivity contribution in [3.8, 4) is 0 Å². The Hall–Kier alpha value is 0. The van der Waals surface area contributed by atoms with Crippen molar-refractivity contribution < 1.29 is 0 Å². The van der Waals surface area contributed by atoms with Crippen molar-refractivity contribution in [1.29, 1.82) is 0 Å². The highest BCUT2D eigenvalue weighted by Gasteiger charge is 2.07. The van der Waals surface area contributed by atoms with Crippen molar-refractivity contribution in [2.45, 2.75) is 195 Å². The third kappa shape index (κ3) is 28.1. The van der Waals surface area contributed by atoms with E-state index in [0.29, 0.717) is 0 Å². The van der Waals surface area contributed by atoms with Gasteiger partial charge in [0, 0.05) is 0 Å². The molecule has 0 bridgehead atoms. The van der Waals surface area contributed by atoms with E-state index in [-0.39, 0.29) is 0 Å². The van der Waals surface area contributed by atoms with Crippen molar-refractivity contribution in [2.24, 2.45) is 11.8 Å². The predicted octanol–water partition coefficient (Wildman–Crippen LogP) is 12.6. The smallest absolute Gasteiger partial charge is 0.0355 e. The van der Waals surface area contributed by atoms with Crippen LogP contribution in [0.3, 0.4) is 0 Å². The third-order valence-electron chi connectivity index (χ3n) is 7.75. The van der Waals surface area contributed by atoms with Gasteiger partial charge in [-0.25, -0.2) is 0 Å². The highest BCUT2D eigenvalue weighted by Crippen LogP contribution is 2.22. The van der Waals surface area contributed by atoms with Crippen molar-refractivity contribution in [3.63, 3.8) is 0 Å². The lowest BCUT2D eigenvalue weighted by atomic mass is 9.91. The summed E-state index contributed by atoms with van der Waals surface area (Å²) in [6, 6.07) is 0. The van der Waals surface area contributed by atoms with Crippen LogP contribution in [0.25, 0.3) is 0 Å². The van der Waals surface area contributed by atoms with Crippen LogP contribution in [0.4, 0.5) is 0 Å². The maximum Gasteiger partial charge on any atom is -0.0355 e. The van der Waals surface area contributed by atoms with Crippen LogP contribution in [0, 0.1) is 18.3 Å². The minimum atomic E-state index is 0.827. The molecule has 0 aromatic heterocycles. The molecular formula is C33H67. The molecule has 0 saturated heterocycles. The topological polar surface area (TPSA) is 0 Å². The van der Waals surface area contributed by atoms with Gasteiger partial charge in [-0.15, -0.1) is 0 Å². The Kier molecular flexibility index (Phi) is 28.2. The summed E-state index contributed by atoms with van der Waals surface area (Å²) in [6.45, 7) is 9.54. The normalized spacial score (nSPS) is 13.5. The van der Waals surface area contributed by atoms with Crippen LogP contribution < -0.4 is 0 Å². The fraction of sp³-hybridized carbons (Fsp3) is 0.970. The second-order valence-electron chi connectivity index (χ2n) is 11.6. The van der Waals surface area contributed by atoms with Gasteiger partial charge in [0.1, 0.15) is 0 Å². The Morgan fingerprint density at radius 3 is 1.06 bits per heavy atom. The Morgan fingerprint density at radius 1 is 0.394 bits per heavy atom. The molecule has 2 unspecified atom stereocenters. The van der Waals surface area contributed by atoms with Crippen LogP contribution in [0.15, 0.2) is 0 Å². The van der Waals surface area contributed by atoms with Crippen LogP contribution >= 0.6 is 0 Å². The maximum atomic E-state index is 2.64. The number of unbranched alkanes of at least 4 members (excludes halogenated alkanes) is 21. The Morgan fingerprint density at radius 2 is 0.697 bits per heavy atom. The summed E-state index contributed by atoms with van der Waals surface area (Å²) in [5.41, 5.74) is 0. The van der Waals surface area contributed by atoms with Crippen LogP contribution in [-0.4, -0.2) is 0 Å². The first kappa shape index (κ1) is 33.0. The summed E-state index contributed by atoms with van der Waals surface area (Å²) in [5, 5.41) is 0. The molecule has 33 heavy (non-hydrogen) atoms. The van der Waals surface area contributed by atoms with Crippen LogP contribution in [0.5, 0.6) is 0 Å². The molecule has 0 rings (SSSR count). The fourth-order valence-corrected chi connectivity index (χ4v) is 5.16. The fourth-order valence-electron chi connectivity index (χ4n) is 5.16. The molecular weight excluding hydrogens is 396 g/mol. The summed E-state index contributed by atoms with van der Waals surface area (Å²) in [6.07, 6.45) is 40.4. The van der Waals surface area contributed by atoms with Crippen molar-refractivity contribution in [1.82, 2.24) is 0 Å². The summed E-state index contributed by atoms with van der Waals surface area (Å²) < 4.78 is 0. The zero-order valence-electron chi connectivity index (χ0n) is 24.1. The molecule has 0 saturated carbocycles. The Bertz CT molecular complexity index is 333. The van der Waals surface area contributed by atoms with Crippen molar-refractivity contribution in [2.75, 3.05) is 0 Å². The lowest BCUT2D eigenvalue weighted by Crippen LogP contribution is -2.02. The minimum absolute atomic E-state index is 0.827. The van der Waals surface area contributed by atoms with Gasteiger partial charge >= 0.3 is 0 Å². The molecule has 0 aliphatic heterocycles. The van der Waals surface area contributed by atoms with Gasteiger partial charge in [-0.1, -0.05) is 188 Å². The first-order valence-corrected chi connectivity index (χ1v) is 16.0. The van der Waals surface area contributed by atoms with Gasteiger partial charge in [-0.05, 0) is 24.7 Å². The highest BCUT2D eigenvalue weighted by atomic mass is 14.1. The molecule has 0 N–H and O–H groups in total. The molecule has 199 valence electrons. The quantitative estimate of drug-likeness (QED) is 0.101. The first-order valence-electron chi connectivity index (χ1n) is 16.0. The SMILES string of the molecule is CCCCCCCCCCCCCCCC(C)[CH]CC(C)CCCCCCCCCCCC. The molecule has 0 spiro atoms. The van der Waals surface area contributed by atoms with Gasteiger partial charge in [-0.2, -0.15) is 0 Å². The zero-order valence-corrected chi connectivity index (χ0v) is 24.1. The van der Waals surface area contributed by atoms with Crippen molar-refractivity contribution >= 4 is 0 Å². The number of hydrogen-bond acceptors (Lipinski definition) is 0. The van der Waals surface area contributed by atoms with Gasteiger partial charge in [0.25, 0.3) is 0 Å². The highest BCUT2D eigenvalue weighted by molar-refractivity contribution is 4.75.